The van der Waals surface area contributed by atoms with E-state index in [9.17, 15) is 0 Å². The summed E-state index contributed by atoms with van der Waals surface area (Å²) in [5.74, 6) is 0. The van der Waals surface area contributed by atoms with E-state index in [4.69, 9.17) is 33.7 Å². The number of benzene rings is 1. The number of nitrogens with two attached hydrogens (primary N) is 1. The lowest BCUT2D eigenvalue weighted by molar-refractivity contribution is 0.000640. The summed E-state index contributed by atoms with van der Waals surface area (Å²) in [4.78, 5) is 0. The topological polar surface area (TPSA) is 35.2 Å². The van der Waals surface area contributed by atoms with Gasteiger partial charge in [0.2, 0.25) is 0 Å². The summed E-state index contributed by atoms with van der Waals surface area (Å²) in [5, 5.41) is 1.20. The van der Waals surface area contributed by atoms with E-state index in [2.05, 4.69) is 0 Å². The van der Waals surface area contributed by atoms with Crippen molar-refractivity contribution in [1.29, 1.82) is 0 Å². The monoisotopic (exact) mass is 273 g/mol. The SMILES string of the molecule is NC(Cc1cccc(Cl)c1Cl)C1CCCCO1. The first-order valence-corrected chi connectivity index (χ1v) is 6.74. The van der Waals surface area contributed by atoms with Crippen molar-refractivity contribution >= 4 is 23.2 Å². The molecule has 1 aliphatic rings. The Morgan fingerprint density at radius 3 is 2.88 bits per heavy atom. The molecule has 1 saturated heterocycles. The van der Waals surface area contributed by atoms with Crippen LogP contribution in [0.3, 0.4) is 0 Å². The summed E-state index contributed by atoms with van der Waals surface area (Å²) < 4.78 is 5.68. The maximum Gasteiger partial charge on any atom is 0.0729 e. The minimum absolute atomic E-state index is 0.00809. The largest absolute Gasteiger partial charge is 0.377 e. The average molecular weight is 274 g/mol. The van der Waals surface area contributed by atoms with Gasteiger partial charge >= 0.3 is 0 Å². The summed E-state index contributed by atoms with van der Waals surface area (Å²) in [6.45, 7) is 0.821. The van der Waals surface area contributed by atoms with Gasteiger partial charge in [-0.25, -0.2) is 0 Å². The van der Waals surface area contributed by atoms with Gasteiger partial charge in [-0.2, -0.15) is 0 Å². The molecule has 1 aromatic carbocycles. The van der Waals surface area contributed by atoms with Gasteiger partial charge in [0.05, 0.1) is 16.1 Å². The molecule has 0 aromatic heterocycles. The molecule has 1 aromatic rings. The molecule has 1 fully saturated rings. The van der Waals surface area contributed by atoms with Crippen LogP contribution in [-0.4, -0.2) is 18.8 Å². The highest BCUT2D eigenvalue weighted by Crippen LogP contribution is 2.27. The third-order valence-corrected chi connectivity index (χ3v) is 4.04. The Morgan fingerprint density at radius 1 is 1.35 bits per heavy atom. The van der Waals surface area contributed by atoms with E-state index >= 15 is 0 Å². The van der Waals surface area contributed by atoms with Crippen molar-refractivity contribution in [2.75, 3.05) is 6.61 Å². The molecule has 94 valence electrons. The summed E-state index contributed by atoms with van der Waals surface area (Å²) in [6.07, 6.45) is 4.24. The van der Waals surface area contributed by atoms with Gasteiger partial charge < -0.3 is 10.5 Å². The molecule has 0 spiro atoms. The van der Waals surface area contributed by atoms with E-state index in [0.717, 1.165) is 25.0 Å². The van der Waals surface area contributed by atoms with Crippen LogP contribution in [0.2, 0.25) is 10.0 Å². The van der Waals surface area contributed by atoms with Gasteiger partial charge in [-0.05, 0) is 37.3 Å². The Kier molecular flexibility index (Phi) is 4.69. The molecule has 0 amide bonds. The third-order valence-electron chi connectivity index (χ3n) is 3.18. The van der Waals surface area contributed by atoms with Crippen molar-refractivity contribution in [3.63, 3.8) is 0 Å². The Hall–Kier alpha value is -0.280. The molecule has 0 bridgehead atoms. The molecule has 2 rings (SSSR count). The predicted molar refractivity (Wildman–Crippen MR) is 71.7 cm³/mol. The van der Waals surface area contributed by atoms with Gasteiger partial charge in [0.15, 0.2) is 0 Å². The van der Waals surface area contributed by atoms with Gasteiger partial charge in [0.25, 0.3) is 0 Å². The first-order chi connectivity index (χ1) is 8.18. The smallest absolute Gasteiger partial charge is 0.0729 e. The third kappa shape index (κ3) is 3.35. The summed E-state index contributed by atoms with van der Waals surface area (Å²) >= 11 is 12.1. The molecule has 0 radical (unpaired) electrons. The zero-order valence-corrected chi connectivity index (χ0v) is 11.2. The molecule has 0 aliphatic carbocycles. The molecule has 1 aliphatic heterocycles. The molecule has 4 heteroatoms. The van der Waals surface area contributed by atoms with Crippen LogP contribution in [-0.2, 0) is 11.2 Å². The van der Waals surface area contributed by atoms with Crippen molar-refractivity contribution in [2.45, 2.75) is 37.8 Å². The van der Waals surface area contributed by atoms with E-state index in [1.807, 2.05) is 12.1 Å². The summed E-state index contributed by atoms with van der Waals surface area (Å²) in [6, 6.07) is 5.65. The standard InChI is InChI=1S/C13H17Cl2NO/c14-10-5-3-4-9(13(10)15)8-11(16)12-6-1-2-7-17-12/h3-5,11-12H,1-2,6-8,16H2. The minimum Gasteiger partial charge on any atom is -0.377 e. The van der Waals surface area contributed by atoms with Crippen LogP contribution in [0.5, 0.6) is 0 Å². The zero-order chi connectivity index (χ0) is 12.3. The number of hydrogen-bond acceptors (Lipinski definition) is 2. The maximum absolute atomic E-state index is 6.17. The molecule has 0 saturated carbocycles. The van der Waals surface area contributed by atoms with Gasteiger partial charge in [0.1, 0.15) is 0 Å². The Balaban J connectivity index is 2.01. The van der Waals surface area contributed by atoms with Gasteiger partial charge in [-0.3, -0.25) is 0 Å². The second-order valence-electron chi connectivity index (χ2n) is 4.49. The first kappa shape index (κ1) is 13.2. The lowest BCUT2D eigenvalue weighted by Gasteiger charge is -2.28. The van der Waals surface area contributed by atoms with Gasteiger partial charge in [-0.1, -0.05) is 35.3 Å². The highest BCUT2D eigenvalue weighted by atomic mass is 35.5. The minimum atomic E-state index is -0.00809. The fourth-order valence-corrected chi connectivity index (χ4v) is 2.59. The van der Waals surface area contributed by atoms with E-state index < -0.39 is 0 Å². The second kappa shape index (κ2) is 6.05. The van der Waals surface area contributed by atoms with Crippen LogP contribution in [0.25, 0.3) is 0 Å². The molecule has 17 heavy (non-hydrogen) atoms. The number of rotatable bonds is 3. The number of hydrogen-bond donors (Lipinski definition) is 1. The maximum atomic E-state index is 6.17. The van der Waals surface area contributed by atoms with Gasteiger partial charge in [0, 0.05) is 12.6 Å². The Bertz CT molecular complexity index is 378. The van der Waals surface area contributed by atoms with E-state index in [-0.39, 0.29) is 12.1 Å². The van der Waals surface area contributed by atoms with Crippen LogP contribution >= 0.6 is 23.2 Å². The Labute approximate surface area is 112 Å². The molecule has 2 atom stereocenters. The average Bonchev–Trinajstić information content (AvgIpc) is 2.36. The summed E-state index contributed by atoms with van der Waals surface area (Å²) in [7, 11) is 0. The predicted octanol–water partition coefficient (Wildman–Crippen LogP) is 3.43. The van der Waals surface area contributed by atoms with Crippen LogP contribution < -0.4 is 5.73 Å². The molecule has 2 nitrogen and oxygen atoms in total. The van der Waals surface area contributed by atoms with Crippen molar-refractivity contribution in [3.05, 3.63) is 33.8 Å². The van der Waals surface area contributed by atoms with Crippen LogP contribution in [0.4, 0.5) is 0 Å². The van der Waals surface area contributed by atoms with Gasteiger partial charge in [-0.15, -0.1) is 0 Å². The number of ether oxygens (including phenoxy) is 1. The number of halogens is 2. The van der Waals surface area contributed by atoms with Crippen LogP contribution in [0, 0.1) is 0 Å². The van der Waals surface area contributed by atoms with Crippen LogP contribution in [0.1, 0.15) is 24.8 Å². The van der Waals surface area contributed by atoms with Crippen molar-refractivity contribution in [3.8, 4) is 0 Å². The van der Waals surface area contributed by atoms with E-state index in [1.54, 1.807) is 6.07 Å². The fourth-order valence-electron chi connectivity index (χ4n) is 2.19. The van der Waals surface area contributed by atoms with E-state index in [0.29, 0.717) is 16.5 Å². The normalized spacial score (nSPS) is 22.4. The fraction of sp³-hybridized carbons (Fsp3) is 0.538. The second-order valence-corrected chi connectivity index (χ2v) is 5.27. The first-order valence-electron chi connectivity index (χ1n) is 5.98. The molecule has 2 N–H and O–H groups in total. The van der Waals surface area contributed by atoms with Crippen molar-refractivity contribution in [2.24, 2.45) is 5.73 Å². The zero-order valence-electron chi connectivity index (χ0n) is 9.66. The molecule has 1 heterocycles. The Morgan fingerprint density at radius 2 is 2.18 bits per heavy atom. The van der Waals surface area contributed by atoms with Crippen molar-refractivity contribution < 1.29 is 4.74 Å². The lowest BCUT2D eigenvalue weighted by Crippen LogP contribution is -2.40. The van der Waals surface area contributed by atoms with Crippen LogP contribution in [0.15, 0.2) is 18.2 Å². The molecule has 2 unspecified atom stereocenters. The molecular formula is C13H17Cl2NO. The quantitative estimate of drug-likeness (QED) is 0.916. The van der Waals surface area contributed by atoms with Crippen molar-refractivity contribution in [1.82, 2.24) is 0 Å². The summed E-state index contributed by atoms with van der Waals surface area (Å²) in [5.41, 5.74) is 7.17. The lowest BCUT2D eigenvalue weighted by atomic mass is 9.97. The molecular weight excluding hydrogens is 257 g/mol. The van der Waals surface area contributed by atoms with E-state index in [1.165, 1.54) is 6.42 Å². The highest BCUT2D eigenvalue weighted by molar-refractivity contribution is 6.42. The highest BCUT2D eigenvalue weighted by Gasteiger charge is 2.22.